The lowest BCUT2D eigenvalue weighted by atomic mass is 10.2. The number of hydrogen-bond acceptors (Lipinski definition) is 1. The molecule has 0 atom stereocenters. The molecule has 0 heterocycles. The van der Waals surface area contributed by atoms with Crippen LogP contribution in [0.3, 0.4) is 0 Å². The molecule has 0 bridgehead atoms. The zero-order valence-electron chi connectivity index (χ0n) is 9.08. The number of rotatable bonds is 2. The average Bonchev–Trinajstić information content (AvgIpc) is 2.35. The summed E-state index contributed by atoms with van der Waals surface area (Å²) in [6, 6.07) is 11.8. The SMILES string of the molecule is O=C(Nc1ccccc1Cl)c1cccc(Cl)c1Cl. The molecule has 18 heavy (non-hydrogen) atoms. The summed E-state index contributed by atoms with van der Waals surface area (Å²) in [5, 5.41) is 3.70. The van der Waals surface area contributed by atoms with Crippen molar-refractivity contribution < 1.29 is 4.79 Å². The Hall–Kier alpha value is -1.22. The van der Waals surface area contributed by atoms with Gasteiger partial charge in [-0.2, -0.15) is 0 Å². The zero-order valence-corrected chi connectivity index (χ0v) is 11.4. The van der Waals surface area contributed by atoms with Crippen molar-refractivity contribution in [2.45, 2.75) is 0 Å². The van der Waals surface area contributed by atoms with E-state index in [9.17, 15) is 4.79 Å². The van der Waals surface area contributed by atoms with Crippen LogP contribution in [0.5, 0.6) is 0 Å². The van der Waals surface area contributed by atoms with Gasteiger partial charge in [-0.1, -0.05) is 53.0 Å². The summed E-state index contributed by atoms with van der Waals surface area (Å²) in [6.07, 6.45) is 0. The molecule has 1 amide bonds. The molecule has 2 nitrogen and oxygen atoms in total. The highest BCUT2D eigenvalue weighted by molar-refractivity contribution is 6.44. The summed E-state index contributed by atoms with van der Waals surface area (Å²) in [6.45, 7) is 0. The number of amides is 1. The van der Waals surface area contributed by atoms with Gasteiger partial charge in [0.2, 0.25) is 0 Å². The molecule has 0 aliphatic heterocycles. The van der Waals surface area contributed by atoms with Crippen molar-refractivity contribution in [2.24, 2.45) is 0 Å². The fourth-order valence-electron chi connectivity index (χ4n) is 1.43. The van der Waals surface area contributed by atoms with Crippen molar-refractivity contribution in [3.05, 3.63) is 63.1 Å². The van der Waals surface area contributed by atoms with E-state index in [4.69, 9.17) is 34.8 Å². The quantitative estimate of drug-likeness (QED) is 0.840. The summed E-state index contributed by atoms with van der Waals surface area (Å²) in [4.78, 5) is 12.0. The molecule has 0 unspecified atom stereocenters. The third-order valence-electron chi connectivity index (χ3n) is 2.32. The first-order valence-electron chi connectivity index (χ1n) is 5.09. The topological polar surface area (TPSA) is 29.1 Å². The maximum Gasteiger partial charge on any atom is 0.257 e. The van der Waals surface area contributed by atoms with Crippen molar-refractivity contribution >= 4 is 46.4 Å². The van der Waals surface area contributed by atoms with Crippen LogP contribution < -0.4 is 5.32 Å². The molecular formula is C13H8Cl3NO. The minimum absolute atomic E-state index is 0.226. The Kier molecular flexibility index (Phi) is 4.12. The van der Waals surface area contributed by atoms with Crippen LogP contribution in [0, 0.1) is 0 Å². The predicted molar refractivity (Wildman–Crippen MR) is 75.9 cm³/mol. The van der Waals surface area contributed by atoms with Crippen LogP contribution in [0.15, 0.2) is 42.5 Å². The molecule has 2 rings (SSSR count). The lowest BCUT2D eigenvalue weighted by molar-refractivity contribution is 0.102. The minimum Gasteiger partial charge on any atom is -0.321 e. The Morgan fingerprint density at radius 1 is 0.889 bits per heavy atom. The second-order valence-electron chi connectivity index (χ2n) is 3.54. The van der Waals surface area contributed by atoms with E-state index in [1.54, 1.807) is 42.5 Å². The highest BCUT2D eigenvalue weighted by Gasteiger charge is 2.13. The molecule has 0 aliphatic carbocycles. The van der Waals surface area contributed by atoms with E-state index in [0.29, 0.717) is 21.3 Å². The normalized spacial score (nSPS) is 10.2. The third-order valence-corrected chi connectivity index (χ3v) is 3.47. The van der Waals surface area contributed by atoms with Crippen molar-refractivity contribution in [1.82, 2.24) is 0 Å². The number of hydrogen-bond donors (Lipinski definition) is 1. The van der Waals surface area contributed by atoms with Crippen LogP contribution in [0.1, 0.15) is 10.4 Å². The van der Waals surface area contributed by atoms with Gasteiger partial charge >= 0.3 is 0 Å². The molecule has 0 aromatic heterocycles. The van der Waals surface area contributed by atoms with E-state index in [1.807, 2.05) is 0 Å². The van der Waals surface area contributed by atoms with Crippen LogP contribution in [-0.4, -0.2) is 5.91 Å². The average molecular weight is 301 g/mol. The second-order valence-corrected chi connectivity index (χ2v) is 4.73. The summed E-state index contributed by atoms with van der Waals surface area (Å²) in [5.74, 6) is -0.351. The van der Waals surface area contributed by atoms with Crippen molar-refractivity contribution in [3.8, 4) is 0 Å². The van der Waals surface area contributed by atoms with Crippen molar-refractivity contribution in [1.29, 1.82) is 0 Å². The monoisotopic (exact) mass is 299 g/mol. The molecule has 0 saturated heterocycles. The molecular weight excluding hydrogens is 293 g/mol. The van der Waals surface area contributed by atoms with Gasteiger partial charge < -0.3 is 5.32 Å². The van der Waals surface area contributed by atoms with Crippen LogP contribution in [-0.2, 0) is 0 Å². The first-order valence-corrected chi connectivity index (χ1v) is 6.23. The molecule has 0 saturated carbocycles. The van der Waals surface area contributed by atoms with Crippen LogP contribution in [0.4, 0.5) is 5.69 Å². The second kappa shape index (κ2) is 5.61. The highest BCUT2D eigenvalue weighted by Crippen LogP contribution is 2.27. The molecule has 2 aromatic rings. The number of carbonyl (C=O) groups is 1. The summed E-state index contributed by atoms with van der Waals surface area (Å²) < 4.78 is 0. The number of nitrogens with one attached hydrogen (secondary N) is 1. The van der Waals surface area contributed by atoms with Gasteiger partial charge in [0, 0.05) is 0 Å². The summed E-state index contributed by atoms with van der Waals surface area (Å²) >= 11 is 17.8. The van der Waals surface area contributed by atoms with E-state index in [1.165, 1.54) is 0 Å². The molecule has 0 spiro atoms. The number of carbonyl (C=O) groups excluding carboxylic acids is 1. The van der Waals surface area contributed by atoms with E-state index in [-0.39, 0.29) is 10.9 Å². The molecule has 2 aromatic carbocycles. The van der Waals surface area contributed by atoms with Crippen molar-refractivity contribution in [2.75, 3.05) is 5.32 Å². The molecule has 0 radical (unpaired) electrons. The van der Waals surface area contributed by atoms with Gasteiger partial charge in [0.1, 0.15) is 0 Å². The van der Waals surface area contributed by atoms with Gasteiger partial charge in [0.25, 0.3) is 5.91 Å². The lowest BCUT2D eigenvalue weighted by Crippen LogP contribution is -2.12. The number of benzene rings is 2. The van der Waals surface area contributed by atoms with Gasteiger partial charge in [0.05, 0.1) is 26.3 Å². The first-order chi connectivity index (χ1) is 8.59. The van der Waals surface area contributed by atoms with Gasteiger partial charge in [-0.25, -0.2) is 0 Å². The fraction of sp³-hybridized carbons (Fsp3) is 0. The van der Waals surface area contributed by atoms with Gasteiger partial charge in [-0.05, 0) is 24.3 Å². The summed E-state index contributed by atoms with van der Waals surface area (Å²) in [7, 11) is 0. The first kappa shape index (κ1) is 13.2. The highest BCUT2D eigenvalue weighted by atomic mass is 35.5. The van der Waals surface area contributed by atoms with E-state index >= 15 is 0 Å². The smallest absolute Gasteiger partial charge is 0.257 e. The Bertz CT molecular complexity index is 599. The summed E-state index contributed by atoms with van der Waals surface area (Å²) in [5.41, 5.74) is 0.837. The van der Waals surface area contributed by atoms with Crippen LogP contribution in [0.25, 0.3) is 0 Å². The standard InChI is InChI=1S/C13H8Cl3NO/c14-9-5-1-2-7-11(9)17-13(18)8-4-3-6-10(15)12(8)16/h1-7H,(H,17,18). The van der Waals surface area contributed by atoms with Crippen LogP contribution in [0.2, 0.25) is 15.1 Å². The number of anilines is 1. The van der Waals surface area contributed by atoms with Gasteiger partial charge in [-0.3, -0.25) is 4.79 Å². The Balaban J connectivity index is 2.28. The van der Waals surface area contributed by atoms with Crippen molar-refractivity contribution in [3.63, 3.8) is 0 Å². The largest absolute Gasteiger partial charge is 0.321 e. The molecule has 0 aliphatic rings. The van der Waals surface area contributed by atoms with Crippen LogP contribution >= 0.6 is 34.8 Å². The maximum atomic E-state index is 12.0. The van der Waals surface area contributed by atoms with Gasteiger partial charge in [0.15, 0.2) is 0 Å². The molecule has 1 N–H and O–H groups in total. The Labute approximate surface area is 119 Å². The van der Waals surface area contributed by atoms with E-state index in [0.717, 1.165) is 0 Å². The number of para-hydroxylation sites is 1. The predicted octanol–water partition coefficient (Wildman–Crippen LogP) is 4.90. The maximum absolute atomic E-state index is 12.0. The Morgan fingerprint density at radius 2 is 1.56 bits per heavy atom. The van der Waals surface area contributed by atoms with Gasteiger partial charge in [-0.15, -0.1) is 0 Å². The fourth-order valence-corrected chi connectivity index (χ4v) is 2.00. The Morgan fingerprint density at radius 3 is 2.28 bits per heavy atom. The molecule has 5 heteroatoms. The van der Waals surface area contributed by atoms with E-state index in [2.05, 4.69) is 5.32 Å². The third kappa shape index (κ3) is 2.78. The minimum atomic E-state index is -0.351. The molecule has 0 fully saturated rings. The number of halogens is 3. The van der Waals surface area contributed by atoms with E-state index < -0.39 is 0 Å². The lowest BCUT2D eigenvalue weighted by Gasteiger charge is -2.08. The molecule has 92 valence electrons. The zero-order chi connectivity index (χ0) is 13.1.